The summed E-state index contributed by atoms with van der Waals surface area (Å²) in [4.78, 5) is 0. The Kier molecular flexibility index (Phi) is 3.96. The Morgan fingerprint density at radius 3 is 2.64 bits per heavy atom. The third-order valence-electron chi connectivity index (χ3n) is 2.14. The van der Waals surface area contributed by atoms with Crippen molar-refractivity contribution in [3.05, 3.63) is 28.2 Å². The molecule has 0 heterocycles. The van der Waals surface area contributed by atoms with Gasteiger partial charge in [-0.2, -0.15) is 0 Å². The highest BCUT2D eigenvalue weighted by molar-refractivity contribution is 9.10. The van der Waals surface area contributed by atoms with Crippen LogP contribution >= 0.6 is 15.9 Å². The predicted molar refractivity (Wildman–Crippen MR) is 62.2 cm³/mol. The average Bonchev–Trinajstić information content (AvgIpc) is 2.08. The van der Waals surface area contributed by atoms with Gasteiger partial charge in [0.15, 0.2) is 0 Å². The van der Waals surface area contributed by atoms with Crippen LogP contribution in [0.3, 0.4) is 0 Å². The minimum absolute atomic E-state index is 0.0903. The molecule has 1 atom stereocenters. The molecule has 0 amide bonds. The zero-order valence-corrected chi connectivity index (χ0v) is 10.1. The third-order valence-corrected chi connectivity index (χ3v) is 2.78. The van der Waals surface area contributed by atoms with Gasteiger partial charge in [0.1, 0.15) is 5.75 Å². The number of nitrogens with two attached hydrogens (primary N) is 1. The van der Waals surface area contributed by atoms with E-state index in [1.165, 1.54) is 0 Å². The summed E-state index contributed by atoms with van der Waals surface area (Å²) in [6.45, 7) is 4.24. The van der Waals surface area contributed by atoms with Crippen LogP contribution in [0.5, 0.6) is 5.75 Å². The van der Waals surface area contributed by atoms with Gasteiger partial charge in [-0.05, 0) is 34.3 Å². The maximum absolute atomic E-state index is 9.75. The minimum atomic E-state index is -0.0903. The van der Waals surface area contributed by atoms with E-state index in [1.54, 1.807) is 6.07 Å². The molecule has 1 aromatic rings. The minimum Gasteiger partial charge on any atom is -0.506 e. The van der Waals surface area contributed by atoms with Crippen molar-refractivity contribution in [3.8, 4) is 5.75 Å². The van der Waals surface area contributed by atoms with E-state index in [-0.39, 0.29) is 11.8 Å². The molecule has 0 bridgehead atoms. The summed E-state index contributed by atoms with van der Waals surface area (Å²) in [5, 5.41) is 9.75. The summed E-state index contributed by atoms with van der Waals surface area (Å²) in [5.74, 6) is 0.795. The predicted octanol–water partition coefficient (Wildman–Crippen LogP) is 3.20. The summed E-state index contributed by atoms with van der Waals surface area (Å²) < 4.78 is 0.703. The van der Waals surface area contributed by atoms with Crippen molar-refractivity contribution >= 4 is 15.9 Å². The van der Waals surface area contributed by atoms with E-state index in [2.05, 4.69) is 29.8 Å². The Labute approximate surface area is 93.3 Å². The van der Waals surface area contributed by atoms with Crippen molar-refractivity contribution in [1.82, 2.24) is 0 Å². The average molecular weight is 258 g/mol. The summed E-state index contributed by atoms with van der Waals surface area (Å²) in [6, 6.07) is 5.47. The molecule has 3 N–H and O–H groups in total. The second-order valence-corrected chi connectivity index (χ2v) is 4.77. The van der Waals surface area contributed by atoms with Crippen molar-refractivity contribution in [2.24, 2.45) is 11.7 Å². The van der Waals surface area contributed by atoms with Crippen LogP contribution in [0.15, 0.2) is 22.7 Å². The first-order chi connectivity index (χ1) is 6.52. The summed E-state index contributed by atoms with van der Waals surface area (Å²) in [7, 11) is 0. The Morgan fingerprint density at radius 2 is 2.07 bits per heavy atom. The van der Waals surface area contributed by atoms with Gasteiger partial charge < -0.3 is 10.8 Å². The second kappa shape index (κ2) is 4.80. The second-order valence-electron chi connectivity index (χ2n) is 3.91. The molecule has 0 aliphatic rings. The van der Waals surface area contributed by atoms with Crippen molar-refractivity contribution < 1.29 is 5.11 Å². The fourth-order valence-corrected chi connectivity index (χ4v) is 1.85. The van der Waals surface area contributed by atoms with Crippen molar-refractivity contribution in [1.29, 1.82) is 0 Å². The van der Waals surface area contributed by atoms with Gasteiger partial charge in [0, 0.05) is 11.6 Å². The van der Waals surface area contributed by atoms with Crippen LogP contribution in [-0.2, 0) is 0 Å². The van der Waals surface area contributed by atoms with Crippen LogP contribution in [0.25, 0.3) is 0 Å². The molecule has 0 radical (unpaired) electrons. The lowest BCUT2D eigenvalue weighted by atomic mass is 9.97. The number of para-hydroxylation sites is 1. The highest BCUT2D eigenvalue weighted by atomic mass is 79.9. The normalized spacial score (nSPS) is 13.2. The molecule has 78 valence electrons. The first kappa shape index (κ1) is 11.5. The standard InChI is InChI=1S/C11H16BrNO/c1-7(2)6-10(13)8-4-3-5-9(12)11(8)14/h3-5,7,10,14H,6,13H2,1-2H3/t10-/m1/s1. The number of hydrogen-bond acceptors (Lipinski definition) is 2. The fourth-order valence-electron chi connectivity index (χ4n) is 1.47. The fraction of sp³-hybridized carbons (Fsp3) is 0.455. The Bertz CT molecular complexity index is 312. The van der Waals surface area contributed by atoms with E-state index in [9.17, 15) is 5.11 Å². The maximum atomic E-state index is 9.75. The lowest BCUT2D eigenvalue weighted by Gasteiger charge is -2.16. The molecule has 0 saturated carbocycles. The summed E-state index contributed by atoms with van der Waals surface area (Å²) in [6.07, 6.45) is 0.879. The molecule has 0 unspecified atom stereocenters. The van der Waals surface area contributed by atoms with E-state index in [0.717, 1.165) is 12.0 Å². The molecule has 3 heteroatoms. The number of halogens is 1. The molecule has 1 aromatic carbocycles. The van der Waals surface area contributed by atoms with E-state index < -0.39 is 0 Å². The first-order valence-electron chi connectivity index (χ1n) is 4.75. The Hall–Kier alpha value is -0.540. The molecule has 1 rings (SSSR count). The molecule has 0 spiro atoms. The van der Waals surface area contributed by atoms with Crippen LogP contribution in [0.4, 0.5) is 0 Å². The highest BCUT2D eigenvalue weighted by Crippen LogP contribution is 2.32. The van der Waals surface area contributed by atoms with Crippen LogP contribution < -0.4 is 5.73 Å². The van der Waals surface area contributed by atoms with E-state index >= 15 is 0 Å². The van der Waals surface area contributed by atoms with Crippen LogP contribution in [-0.4, -0.2) is 5.11 Å². The first-order valence-corrected chi connectivity index (χ1v) is 5.54. The summed E-state index contributed by atoms with van der Waals surface area (Å²) >= 11 is 3.28. The molecule has 0 aromatic heterocycles. The number of aromatic hydroxyl groups is 1. The summed E-state index contributed by atoms with van der Waals surface area (Å²) in [5.41, 5.74) is 6.80. The van der Waals surface area contributed by atoms with Gasteiger partial charge in [0.2, 0.25) is 0 Å². The molecular formula is C11H16BrNO. The quantitative estimate of drug-likeness (QED) is 0.874. The zero-order valence-electron chi connectivity index (χ0n) is 8.50. The number of phenols is 1. The van der Waals surface area contributed by atoms with Crippen LogP contribution in [0.1, 0.15) is 31.9 Å². The van der Waals surface area contributed by atoms with Crippen molar-refractivity contribution in [2.75, 3.05) is 0 Å². The van der Waals surface area contributed by atoms with Gasteiger partial charge >= 0.3 is 0 Å². The third kappa shape index (κ3) is 2.72. The maximum Gasteiger partial charge on any atom is 0.134 e. The van der Waals surface area contributed by atoms with E-state index in [1.807, 2.05) is 12.1 Å². The van der Waals surface area contributed by atoms with Gasteiger partial charge in [-0.3, -0.25) is 0 Å². The molecule has 0 fully saturated rings. The van der Waals surface area contributed by atoms with Gasteiger partial charge in [0.25, 0.3) is 0 Å². The smallest absolute Gasteiger partial charge is 0.134 e. The number of phenolic OH excluding ortho intramolecular Hbond substituents is 1. The van der Waals surface area contributed by atoms with Gasteiger partial charge in [-0.1, -0.05) is 26.0 Å². The van der Waals surface area contributed by atoms with Crippen molar-refractivity contribution in [3.63, 3.8) is 0 Å². The molecule has 0 aliphatic carbocycles. The highest BCUT2D eigenvalue weighted by Gasteiger charge is 2.13. The topological polar surface area (TPSA) is 46.2 Å². The lowest BCUT2D eigenvalue weighted by molar-refractivity contribution is 0.442. The van der Waals surface area contributed by atoms with E-state index in [4.69, 9.17) is 5.73 Å². The largest absolute Gasteiger partial charge is 0.506 e. The van der Waals surface area contributed by atoms with E-state index in [0.29, 0.717) is 10.4 Å². The van der Waals surface area contributed by atoms with Gasteiger partial charge in [-0.25, -0.2) is 0 Å². The zero-order chi connectivity index (χ0) is 10.7. The van der Waals surface area contributed by atoms with Crippen LogP contribution in [0.2, 0.25) is 0 Å². The van der Waals surface area contributed by atoms with Gasteiger partial charge in [0.05, 0.1) is 4.47 Å². The molecule has 2 nitrogen and oxygen atoms in total. The molecule has 0 aliphatic heterocycles. The monoisotopic (exact) mass is 257 g/mol. The molecular weight excluding hydrogens is 242 g/mol. The lowest BCUT2D eigenvalue weighted by Crippen LogP contribution is -2.13. The molecule has 14 heavy (non-hydrogen) atoms. The molecule has 0 saturated heterocycles. The van der Waals surface area contributed by atoms with Gasteiger partial charge in [-0.15, -0.1) is 0 Å². The Morgan fingerprint density at radius 1 is 1.43 bits per heavy atom. The number of rotatable bonds is 3. The number of hydrogen-bond donors (Lipinski definition) is 2. The number of benzene rings is 1. The van der Waals surface area contributed by atoms with Crippen molar-refractivity contribution in [2.45, 2.75) is 26.3 Å². The SMILES string of the molecule is CC(C)C[C@@H](N)c1cccc(Br)c1O. The Balaban J connectivity index is 2.89. The van der Waals surface area contributed by atoms with Crippen LogP contribution in [0, 0.1) is 5.92 Å².